The molecule has 0 aliphatic heterocycles. The Labute approximate surface area is 116 Å². The Balaban J connectivity index is 2.18. The number of carbonyl (C=O) groups excluding carboxylic acids is 1. The number of methoxy groups -OCH3 is 2. The molecule has 1 aromatic heterocycles. The molecule has 104 valence electrons. The summed E-state index contributed by atoms with van der Waals surface area (Å²) in [5.41, 5.74) is 0.623. The van der Waals surface area contributed by atoms with Crippen LogP contribution in [-0.2, 0) is 0 Å². The van der Waals surface area contributed by atoms with Gasteiger partial charge in [-0.15, -0.1) is 0 Å². The topological polar surface area (TPSA) is 80.7 Å². The molecule has 0 bridgehead atoms. The highest BCUT2D eigenvalue weighted by Crippen LogP contribution is 2.24. The van der Waals surface area contributed by atoms with E-state index < -0.39 is 5.91 Å². The number of nitrogens with one attached hydrogen (secondary N) is 1. The number of pyridine rings is 1. The summed E-state index contributed by atoms with van der Waals surface area (Å²) in [5, 5.41) is 12.3. The van der Waals surface area contributed by atoms with Gasteiger partial charge in [-0.1, -0.05) is 0 Å². The minimum Gasteiger partial charge on any atom is -0.507 e. The van der Waals surface area contributed by atoms with Gasteiger partial charge in [0.2, 0.25) is 5.88 Å². The number of phenols is 1. The van der Waals surface area contributed by atoms with E-state index in [-0.39, 0.29) is 11.3 Å². The molecule has 0 atom stereocenters. The number of nitrogens with zero attached hydrogens (tertiary/aromatic N) is 1. The van der Waals surface area contributed by atoms with Crippen LogP contribution in [0.3, 0.4) is 0 Å². The average Bonchev–Trinajstić information content (AvgIpc) is 2.48. The highest BCUT2D eigenvalue weighted by atomic mass is 16.5. The summed E-state index contributed by atoms with van der Waals surface area (Å²) in [7, 11) is 3.00. The molecular weight excluding hydrogens is 260 g/mol. The molecule has 0 aliphatic rings. The number of hydrogen-bond donors (Lipinski definition) is 2. The van der Waals surface area contributed by atoms with E-state index in [1.54, 1.807) is 18.2 Å². The van der Waals surface area contributed by atoms with Crippen LogP contribution in [0.5, 0.6) is 17.4 Å². The van der Waals surface area contributed by atoms with Crippen molar-refractivity contribution in [3.05, 3.63) is 42.1 Å². The molecule has 6 nitrogen and oxygen atoms in total. The van der Waals surface area contributed by atoms with Crippen LogP contribution in [0, 0.1) is 0 Å². The molecule has 2 aromatic rings. The smallest absolute Gasteiger partial charge is 0.259 e. The fraction of sp³-hybridized carbons (Fsp3) is 0.143. The molecule has 6 heteroatoms. The fourth-order valence-corrected chi connectivity index (χ4v) is 1.60. The first-order valence-corrected chi connectivity index (χ1v) is 5.82. The summed E-state index contributed by atoms with van der Waals surface area (Å²) in [6.45, 7) is 0. The summed E-state index contributed by atoms with van der Waals surface area (Å²) < 4.78 is 9.95. The highest BCUT2D eigenvalue weighted by molar-refractivity contribution is 6.06. The van der Waals surface area contributed by atoms with Crippen molar-refractivity contribution in [2.45, 2.75) is 0 Å². The lowest BCUT2D eigenvalue weighted by atomic mass is 10.1. The number of anilines is 1. The lowest BCUT2D eigenvalue weighted by Crippen LogP contribution is -2.12. The maximum atomic E-state index is 12.1. The first-order chi connectivity index (χ1) is 9.63. The summed E-state index contributed by atoms with van der Waals surface area (Å²) in [4.78, 5) is 16.0. The summed E-state index contributed by atoms with van der Waals surface area (Å²) in [6.07, 6.45) is 1.47. The molecule has 2 N–H and O–H groups in total. The van der Waals surface area contributed by atoms with Crippen molar-refractivity contribution in [1.29, 1.82) is 0 Å². The summed E-state index contributed by atoms with van der Waals surface area (Å²) in [6, 6.07) is 7.71. The molecule has 0 fully saturated rings. The quantitative estimate of drug-likeness (QED) is 0.892. The van der Waals surface area contributed by atoms with Crippen molar-refractivity contribution in [1.82, 2.24) is 4.98 Å². The van der Waals surface area contributed by atoms with Gasteiger partial charge in [0.1, 0.15) is 11.5 Å². The fourth-order valence-electron chi connectivity index (χ4n) is 1.60. The molecule has 1 aromatic carbocycles. The summed E-state index contributed by atoms with van der Waals surface area (Å²) in [5.74, 6) is 0.367. The van der Waals surface area contributed by atoms with E-state index in [1.807, 2.05) is 0 Å². The normalized spacial score (nSPS) is 9.90. The van der Waals surface area contributed by atoms with Crippen molar-refractivity contribution in [2.24, 2.45) is 0 Å². The number of rotatable bonds is 4. The van der Waals surface area contributed by atoms with Gasteiger partial charge >= 0.3 is 0 Å². The third kappa shape index (κ3) is 2.97. The zero-order valence-electron chi connectivity index (χ0n) is 11.1. The van der Waals surface area contributed by atoms with Crippen molar-refractivity contribution >= 4 is 11.6 Å². The highest BCUT2D eigenvalue weighted by Gasteiger charge is 2.12. The third-order valence-electron chi connectivity index (χ3n) is 2.65. The Morgan fingerprint density at radius 1 is 1.20 bits per heavy atom. The predicted molar refractivity (Wildman–Crippen MR) is 73.4 cm³/mol. The molecule has 0 aliphatic carbocycles. The molecule has 20 heavy (non-hydrogen) atoms. The second-order valence-corrected chi connectivity index (χ2v) is 3.93. The lowest BCUT2D eigenvalue weighted by Gasteiger charge is -2.08. The average molecular weight is 274 g/mol. The molecule has 0 spiro atoms. The zero-order valence-corrected chi connectivity index (χ0v) is 11.1. The number of phenolic OH excluding ortho intramolecular Hbond substituents is 1. The van der Waals surface area contributed by atoms with E-state index >= 15 is 0 Å². The molecule has 0 radical (unpaired) electrons. The van der Waals surface area contributed by atoms with Crippen molar-refractivity contribution < 1.29 is 19.4 Å². The zero-order chi connectivity index (χ0) is 14.5. The van der Waals surface area contributed by atoms with E-state index in [0.29, 0.717) is 17.3 Å². The van der Waals surface area contributed by atoms with Gasteiger partial charge in [-0.05, 0) is 24.3 Å². The standard InChI is InChI=1S/C14H14N2O4/c1-19-10-4-5-12(17)11(7-10)14(18)16-9-3-6-13(20-2)15-8-9/h3-8,17H,1-2H3,(H,16,18). The second kappa shape index (κ2) is 5.92. The Morgan fingerprint density at radius 2 is 2.00 bits per heavy atom. The van der Waals surface area contributed by atoms with Crippen LogP contribution < -0.4 is 14.8 Å². The van der Waals surface area contributed by atoms with Gasteiger partial charge < -0.3 is 19.9 Å². The Morgan fingerprint density at radius 3 is 2.60 bits per heavy atom. The van der Waals surface area contributed by atoms with Gasteiger partial charge in [0.05, 0.1) is 31.7 Å². The van der Waals surface area contributed by atoms with Crippen LogP contribution in [0.25, 0.3) is 0 Å². The van der Waals surface area contributed by atoms with Gasteiger partial charge in [0.15, 0.2) is 0 Å². The molecule has 1 heterocycles. The van der Waals surface area contributed by atoms with Gasteiger partial charge in [0, 0.05) is 6.07 Å². The number of carbonyl (C=O) groups is 1. The van der Waals surface area contributed by atoms with Crippen LogP contribution in [0.1, 0.15) is 10.4 Å². The summed E-state index contributed by atoms with van der Waals surface area (Å²) >= 11 is 0. The van der Waals surface area contributed by atoms with E-state index in [4.69, 9.17) is 9.47 Å². The largest absolute Gasteiger partial charge is 0.507 e. The molecule has 0 unspecified atom stereocenters. The van der Waals surface area contributed by atoms with Crippen LogP contribution in [0.4, 0.5) is 5.69 Å². The number of benzene rings is 1. The molecule has 2 rings (SSSR count). The van der Waals surface area contributed by atoms with E-state index in [2.05, 4.69) is 10.3 Å². The minimum atomic E-state index is -0.451. The van der Waals surface area contributed by atoms with Gasteiger partial charge in [-0.2, -0.15) is 0 Å². The van der Waals surface area contributed by atoms with E-state index in [1.165, 1.54) is 32.5 Å². The Bertz CT molecular complexity index is 611. The number of aromatic nitrogens is 1. The van der Waals surface area contributed by atoms with Crippen molar-refractivity contribution in [3.63, 3.8) is 0 Å². The first kappa shape index (κ1) is 13.7. The van der Waals surface area contributed by atoms with Crippen molar-refractivity contribution in [3.8, 4) is 17.4 Å². The van der Waals surface area contributed by atoms with Gasteiger partial charge in [-0.3, -0.25) is 4.79 Å². The maximum absolute atomic E-state index is 12.1. The van der Waals surface area contributed by atoms with Gasteiger partial charge in [-0.25, -0.2) is 4.98 Å². The van der Waals surface area contributed by atoms with Crippen LogP contribution in [-0.4, -0.2) is 30.2 Å². The molecule has 0 saturated heterocycles. The number of ether oxygens (including phenoxy) is 2. The van der Waals surface area contributed by atoms with Crippen LogP contribution >= 0.6 is 0 Å². The first-order valence-electron chi connectivity index (χ1n) is 5.82. The molecular formula is C14H14N2O4. The number of aromatic hydroxyl groups is 1. The minimum absolute atomic E-state index is 0.121. The molecule has 1 amide bonds. The number of amides is 1. The number of hydrogen-bond acceptors (Lipinski definition) is 5. The molecule has 0 saturated carbocycles. The van der Waals surface area contributed by atoms with Crippen molar-refractivity contribution in [2.75, 3.05) is 19.5 Å². The SMILES string of the molecule is COc1ccc(O)c(C(=O)Nc2ccc(OC)nc2)c1. The monoisotopic (exact) mass is 274 g/mol. The Kier molecular flexibility index (Phi) is 4.05. The maximum Gasteiger partial charge on any atom is 0.259 e. The lowest BCUT2D eigenvalue weighted by molar-refractivity contribution is 0.102. The Hall–Kier alpha value is -2.76. The second-order valence-electron chi connectivity index (χ2n) is 3.93. The van der Waals surface area contributed by atoms with Crippen LogP contribution in [0.15, 0.2) is 36.5 Å². The third-order valence-corrected chi connectivity index (χ3v) is 2.65. The van der Waals surface area contributed by atoms with Gasteiger partial charge in [0.25, 0.3) is 5.91 Å². The van der Waals surface area contributed by atoms with Crippen LogP contribution in [0.2, 0.25) is 0 Å². The van der Waals surface area contributed by atoms with E-state index in [0.717, 1.165) is 0 Å². The van der Waals surface area contributed by atoms with E-state index in [9.17, 15) is 9.90 Å². The predicted octanol–water partition coefficient (Wildman–Crippen LogP) is 2.06.